The van der Waals surface area contributed by atoms with Crippen molar-refractivity contribution in [3.63, 3.8) is 0 Å². The van der Waals surface area contributed by atoms with Crippen molar-refractivity contribution >= 4 is 0 Å². The van der Waals surface area contributed by atoms with Crippen LogP contribution in [0.15, 0.2) is 24.3 Å². The fourth-order valence-electron chi connectivity index (χ4n) is 3.17. The van der Waals surface area contributed by atoms with E-state index < -0.39 is 0 Å². The van der Waals surface area contributed by atoms with Crippen molar-refractivity contribution in [2.24, 2.45) is 11.8 Å². The summed E-state index contributed by atoms with van der Waals surface area (Å²) in [6.45, 7) is 12.7. The summed E-state index contributed by atoms with van der Waals surface area (Å²) in [5.41, 5.74) is 3.12. The van der Waals surface area contributed by atoms with Gasteiger partial charge in [0.05, 0.1) is 0 Å². The molecule has 1 aliphatic carbocycles. The summed E-state index contributed by atoms with van der Waals surface area (Å²) in [5.74, 6) is 1.89. The molecule has 112 valence electrons. The first-order valence-corrected chi connectivity index (χ1v) is 8.17. The molecule has 1 heteroatoms. The molecule has 0 bridgehead atoms. The Labute approximate surface area is 125 Å². The molecule has 1 saturated carbocycles. The second-order valence-corrected chi connectivity index (χ2v) is 7.90. The van der Waals surface area contributed by atoms with Crippen LogP contribution in [0.4, 0.5) is 0 Å². The zero-order valence-electron chi connectivity index (χ0n) is 13.9. The highest BCUT2D eigenvalue weighted by molar-refractivity contribution is 5.27. The van der Waals surface area contributed by atoms with Crippen molar-refractivity contribution in [2.45, 2.75) is 65.3 Å². The quantitative estimate of drug-likeness (QED) is 0.830. The van der Waals surface area contributed by atoms with Crippen molar-refractivity contribution in [3.05, 3.63) is 35.4 Å². The predicted octanol–water partition coefficient (Wildman–Crippen LogP) is 4.55. The van der Waals surface area contributed by atoms with Crippen LogP contribution in [-0.2, 0) is 11.8 Å². The largest absolute Gasteiger partial charge is 0.314 e. The molecule has 1 aromatic rings. The van der Waals surface area contributed by atoms with Gasteiger partial charge in [0.25, 0.3) is 0 Å². The molecule has 0 saturated heterocycles. The predicted molar refractivity (Wildman–Crippen MR) is 88.2 cm³/mol. The van der Waals surface area contributed by atoms with E-state index in [2.05, 4.69) is 64.2 Å². The summed E-state index contributed by atoms with van der Waals surface area (Å²) in [5, 5.41) is 3.70. The van der Waals surface area contributed by atoms with Gasteiger partial charge in [0, 0.05) is 6.04 Å². The lowest BCUT2D eigenvalue weighted by Gasteiger charge is -2.33. The lowest BCUT2D eigenvalue weighted by molar-refractivity contribution is 0.201. The minimum atomic E-state index is 0.253. The number of nitrogens with one attached hydrogen (secondary N) is 1. The van der Waals surface area contributed by atoms with Gasteiger partial charge in [0.2, 0.25) is 0 Å². The molecule has 0 aliphatic heterocycles. The Morgan fingerprint density at radius 2 is 1.75 bits per heavy atom. The van der Waals surface area contributed by atoms with E-state index in [-0.39, 0.29) is 5.41 Å². The fraction of sp³-hybridized carbons (Fsp3) is 0.684. The Balaban J connectivity index is 1.77. The molecule has 1 nitrogen and oxygen atoms in total. The Kier molecular flexibility index (Phi) is 4.90. The molecule has 1 fully saturated rings. The van der Waals surface area contributed by atoms with Gasteiger partial charge in [-0.2, -0.15) is 0 Å². The third-order valence-corrected chi connectivity index (χ3v) is 4.59. The van der Waals surface area contributed by atoms with E-state index in [1.165, 1.54) is 30.5 Å². The van der Waals surface area contributed by atoms with Gasteiger partial charge in [-0.25, -0.2) is 0 Å². The Hall–Kier alpha value is -0.820. The zero-order chi connectivity index (χ0) is 14.8. The molecule has 0 amide bonds. The van der Waals surface area contributed by atoms with Crippen LogP contribution in [-0.4, -0.2) is 12.6 Å². The van der Waals surface area contributed by atoms with Crippen LogP contribution in [0.5, 0.6) is 0 Å². The summed E-state index contributed by atoms with van der Waals surface area (Å²) >= 11 is 0. The summed E-state index contributed by atoms with van der Waals surface area (Å²) in [4.78, 5) is 0. The van der Waals surface area contributed by atoms with E-state index in [0.29, 0.717) is 6.04 Å². The van der Waals surface area contributed by atoms with Gasteiger partial charge < -0.3 is 5.32 Å². The van der Waals surface area contributed by atoms with E-state index in [1.807, 2.05) is 0 Å². The van der Waals surface area contributed by atoms with Gasteiger partial charge in [-0.15, -0.1) is 0 Å². The number of benzene rings is 1. The van der Waals surface area contributed by atoms with Crippen LogP contribution < -0.4 is 5.32 Å². The molecule has 1 aromatic carbocycles. The maximum absolute atomic E-state index is 3.70. The normalized spacial score (nSPS) is 24.2. The van der Waals surface area contributed by atoms with Gasteiger partial charge >= 0.3 is 0 Å². The molecule has 0 aromatic heterocycles. The van der Waals surface area contributed by atoms with Gasteiger partial charge in [0.1, 0.15) is 0 Å². The minimum absolute atomic E-state index is 0.253. The van der Waals surface area contributed by atoms with Gasteiger partial charge in [-0.3, -0.25) is 0 Å². The molecule has 0 radical (unpaired) electrons. The number of rotatable bonds is 5. The van der Waals surface area contributed by atoms with Crippen LogP contribution in [0.1, 0.15) is 58.6 Å². The lowest BCUT2D eigenvalue weighted by atomic mass is 9.76. The molecular formula is C19H31N. The standard InChI is InChI=1S/C19H31N/c1-14-10-17(11-14)13-20-15(2)12-16-6-8-18(9-7-16)19(3,4)5/h6-9,14-15,17,20H,10-13H2,1-5H3. The minimum Gasteiger partial charge on any atom is -0.314 e. The SMILES string of the molecule is CC1CC(CNC(C)Cc2ccc(C(C)(C)C)cc2)C1. The van der Waals surface area contributed by atoms with E-state index in [0.717, 1.165) is 18.3 Å². The van der Waals surface area contributed by atoms with Crippen molar-refractivity contribution in [1.29, 1.82) is 0 Å². The molecule has 1 N–H and O–H groups in total. The maximum Gasteiger partial charge on any atom is 0.00792 e. The first-order valence-electron chi connectivity index (χ1n) is 8.17. The van der Waals surface area contributed by atoms with Crippen molar-refractivity contribution < 1.29 is 0 Å². The topological polar surface area (TPSA) is 12.0 Å². The molecule has 0 heterocycles. The molecule has 0 spiro atoms. The average molecular weight is 273 g/mol. The van der Waals surface area contributed by atoms with Gasteiger partial charge in [0.15, 0.2) is 0 Å². The van der Waals surface area contributed by atoms with Crippen molar-refractivity contribution in [2.75, 3.05) is 6.54 Å². The monoisotopic (exact) mass is 273 g/mol. The fourth-order valence-corrected chi connectivity index (χ4v) is 3.17. The maximum atomic E-state index is 3.70. The second-order valence-electron chi connectivity index (χ2n) is 7.90. The van der Waals surface area contributed by atoms with Crippen LogP contribution in [0, 0.1) is 11.8 Å². The first kappa shape index (κ1) is 15.6. The first-order chi connectivity index (χ1) is 9.34. The third-order valence-electron chi connectivity index (χ3n) is 4.59. The summed E-state index contributed by atoms with van der Waals surface area (Å²) in [6, 6.07) is 9.74. The molecule has 1 aliphatic rings. The van der Waals surface area contributed by atoms with E-state index in [4.69, 9.17) is 0 Å². The highest BCUT2D eigenvalue weighted by atomic mass is 14.9. The number of hydrogen-bond donors (Lipinski definition) is 1. The highest BCUT2D eigenvalue weighted by Crippen LogP contribution is 2.32. The van der Waals surface area contributed by atoms with E-state index in [9.17, 15) is 0 Å². The Morgan fingerprint density at radius 3 is 2.25 bits per heavy atom. The van der Waals surface area contributed by atoms with E-state index in [1.54, 1.807) is 0 Å². The van der Waals surface area contributed by atoms with E-state index >= 15 is 0 Å². The third kappa shape index (κ3) is 4.34. The smallest absolute Gasteiger partial charge is 0.00792 e. The van der Waals surface area contributed by atoms with Crippen LogP contribution in [0.25, 0.3) is 0 Å². The highest BCUT2D eigenvalue weighted by Gasteiger charge is 2.25. The summed E-state index contributed by atoms with van der Waals surface area (Å²) < 4.78 is 0. The second kappa shape index (κ2) is 6.30. The molecule has 2 rings (SSSR count). The van der Waals surface area contributed by atoms with Crippen molar-refractivity contribution in [3.8, 4) is 0 Å². The molecular weight excluding hydrogens is 242 g/mol. The Bertz CT molecular complexity index is 406. The lowest BCUT2D eigenvalue weighted by Crippen LogP contribution is -2.37. The summed E-state index contributed by atoms with van der Waals surface area (Å²) in [7, 11) is 0. The van der Waals surface area contributed by atoms with Gasteiger partial charge in [-0.05, 0) is 61.1 Å². The molecule has 20 heavy (non-hydrogen) atoms. The van der Waals surface area contributed by atoms with Crippen LogP contribution >= 0.6 is 0 Å². The van der Waals surface area contributed by atoms with Crippen LogP contribution in [0.3, 0.4) is 0 Å². The molecule has 1 unspecified atom stereocenters. The summed E-state index contributed by atoms with van der Waals surface area (Å²) in [6.07, 6.45) is 3.96. The molecule has 1 atom stereocenters. The average Bonchev–Trinajstić information content (AvgIpc) is 2.33. The zero-order valence-corrected chi connectivity index (χ0v) is 13.9. The number of hydrogen-bond acceptors (Lipinski definition) is 1. The van der Waals surface area contributed by atoms with Crippen LogP contribution in [0.2, 0.25) is 0 Å². The van der Waals surface area contributed by atoms with Gasteiger partial charge in [-0.1, -0.05) is 52.0 Å². The Morgan fingerprint density at radius 1 is 1.15 bits per heavy atom. The van der Waals surface area contributed by atoms with Crippen molar-refractivity contribution in [1.82, 2.24) is 5.32 Å².